The van der Waals surface area contributed by atoms with Crippen LogP contribution in [0.1, 0.15) is 30.0 Å². The van der Waals surface area contributed by atoms with Gasteiger partial charge in [0.25, 0.3) is 0 Å². The number of hydrogen-bond donors (Lipinski definition) is 1. The standard InChI is InChI=1S/C11H13N3OS/c1-8-6-16-9(14-8)5-13-10(15)11(7-12)3-2-4-11/h6H,2-5H2,1H3,(H,13,15). The summed E-state index contributed by atoms with van der Waals surface area (Å²) in [6.45, 7) is 2.35. The molecule has 1 N–H and O–H groups in total. The summed E-state index contributed by atoms with van der Waals surface area (Å²) in [5, 5.41) is 14.6. The molecule has 0 saturated heterocycles. The fraction of sp³-hybridized carbons (Fsp3) is 0.545. The first-order chi connectivity index (χ1) is 7.66. The van der Waals surface area contributed by atoms with E-state index in [0.29, 0.717) is 19.4 Å². The van der Waals surface area contributed by atoms with Crippen LogP contribution in [0.3, 0.4) is 0 Å². The van der Waals surface area contributed by atoms with E-state index in [9.17, 15) is 4.79 Å². The van der Waals surface area contributed by atoms with Crippen LogP contribution in [0.2, 0.25) is 0 Å². The van der Waals surface area contributed by atoms with Crippen LogP contribution in [-0.2, 0) is 11.3 Å². The molecule has 0 atom stereocenters. The number of carbonyl (C=O) groups is 1. The number of hydrogen-bond acceptors (Lipinski definition) is 4. The number of amides is 1. The summed E-state index contributed by atoms with van der Waals surface area (Å²) in [4.78, 5) is 16.1. The maximum absolute atomic E-state index is 11.8. The maximum Gasteiger partial charge on any atom is 0.240 e. The molecule has 1 aliphatic carbocycles. The van der Waals surface area contributed by atoms with Gasteiger partial charge in [-0.1, -0.05) is 0 Å². The van der Waals surface area contributed by atoms with E-state index in [1.54, 1.807) is 0 Å². The van der Waals surface area contributed by atoms with Crippen LogP contribution in [0.4, 0.5) is 0 Å². The molecule has 0 radical (unpaired) electrons. The Morgan fingerprint density at radius 1 is 1.75 bits per heavy atom. The van der Waals surface area contributed by atoms with Crippen LogP contribution in [0.15, 0.2) is 5.38 Å². The highest BCUT2D eigenvalue weighted by molar-refractivity contribution is 7.09. The number of carbonyl (C=O) groups excluding carboxylic acids is 1. The number of aromatic nitrogens is 1. The zero-order valence-electron chi connectivity index (χ0n) is 9.12. The number of thiazole rings is 1. The van der Waals surface area contributed by atoms with Crippen molar-refractivity contribution in [3.05, 3.63) is 16.1 Å². The molecule has 0 spiro atoms. The fourth-order valence-corrected chi connectivity index (χ4v) is 2.44. The van der Waals surface area contributed by atoms with E-state index in [4.69, 9.17) is 5.26 Å². The van der Waals surface area contributed by atoms with Gasteiger partial charge in [0.05, 0.1) is 12.6 Å². The Morgan fingerprint density at radius 3 is 2.94 bits per heavy atom. The average Bonchev–Trinajstić information content (AvgIpc) is 2.60. The van der Waals surface area contributed by atoms with Crippen LogP contribution < -0.4 is 5.32 Å². The minimum Gasteiger partial charge on any atom is -0.348 e. The van der Waals surface area contributed by atoms with Crippen LogP contribution in [0, 0.1) is 23.7 Å². The van der Waals surface area contributed by atoms with Crippen molar-refractivity contribution in [3.8, 4) is 6.07 Å². The lowest BCUT2D eigenvalue weighted by molar-refractivity contribution is -0.131. The molecule has 1 fully saturated rings. The van der Waals surface area contributed by atoms with Crippen molar-refractivity contribution in [3.63, 3.8) is 0 Å². The topological polar surface area (TPSA) is 65.8 Å². The molecule has 1 heterocycles. The third-order valence-electron chi connectivity index (χ3n) is 2.92. The van der Waals surface area contributed by atoms with Gasteiger partial charge in [-0.05, 0) is 26.2 Å². The average molecular weight is 235 g/mol. The summed E-state index contributed by atoms with van der Waals surface area (Å²) in [5.74, 6) is -0.144. The van der Waals surface area contributed by atoms with Crippen LogP contribution in [-0.4, -0.2) is 10.9 Å². The monoisotopic (exact) mass is 235 g/mol. The Balaban J connectivity index is 1.91. The third-order valence-corrected chi connectivity index (χ3v) is 3.89. The molecule has 1 saturated carbocycles. The van der Waals surface area contributed by atoms with E-state index in [1.807, 2.05) is 12.3 Å². The van der Waals surface area contributed by atoms with Gasteiger partial charge in [-0.15, -0.1) is 11.3 Å². The molecule has 4 nitrogen and oxygen atoms in total. The van der Waals surface area contributed by atoms with Gasteiger partial charge in [0.2, 0.25) is 5.91 Å². The summed E-state index contributed by atoms with van der Waals surface area (Å²) in [5.41, 5.74) is 0.208. The van der Waals surface area contributed by atoms with Crippen molar-refractivity contribution in [1.29, 1.82) is 5.26 Å². The van der Waals surface area contributed by atoms with Gasteiger partial charge in [-0.2, -0.15) is 5.26 Å². The molecule has 1 aromatic heterocycles. The largest absolute Gasteiger partial charge is 0.348 e. The second-order valence-corrected chi connectivity index (χ2v) is 5.06. The second-order valence-electron chi connectivity index (χ2n) is 4.11. The predicted octanol–water partition coefficient (Wildman–Crippen LogP) is 1.76. The maximum atomic E-state index is 11.8. The van der Waals surface area contributed by atoms with Gasteiger partial charge in [0, 0.05) is 11.1 Å². The van der Waals surface area contributed by atoms with Crippen molar-refractivity contribution >= 4 is 17.2 Å². The van der Waals surface area contributed by atoms with E-state index in [-0.39, 0.29) is 5.91 Å². The summed E-state index contributed by atoms with van der Waals surface area (Å²) >= 11 is 1.53. The van der Waals surface area contributed by atoms with Crippen molar-refractivity contribution in [2.24, 2.45) is 5.41 Å². The van der Waals surface area contributed by atoms with Gasteiger partial charge in [-0.3, -0.25) is 4.79 Å². The first-order valence-corrected chi connectivity index (χ1v) is 6.15. The van der Waals surface area contributed by atoms with Gasteiger partial charge < -0.3 is 5.32 Å². The van der Waals surface area contributed by atoms with Crippen molar-refractivity contribution < 1.29 is 4.79 Å². The highest BCUT2D eigenvalue weighted by atomic mass is 32.1. The van der Waals surface area contributed by atoms with Crippen molar-refractivity contribution in [2.75, 3.05) is 0 Å². The zero-order chi connectivity index (χ0) is 11.6. The van der Waals surface area contributed by atoms with Gasteiger partial charge >= 0.3 is 0 Å². The van der Waals surface area contributed by atoms with Crippen LogP contribution in [0.25, 0.3) is 0 Å². The van der Waals surface area contributed by atoms with E-state index in [1.165, 1.54) is 11.3 Å². The molecule has 0 unspecified atom stereocenters. The summed E-state index contributed by atoms with van der Waals surface area (Å²) in [7, 11) is 0. The Hall–Kier alpha value is -1.41. The lowest BCUT2D eigenvalue weighted by Crippen LogP contribution is -2.44. The molecular weight excluding hydrogens is 222 g/mol. The van der Waals surface area contributed by atoms with Gasteiger partial charge in [0.1, 0.15) is 10.4 Å². The molecule has 0 aliphatic heterocycles. The minimum atomic E-state index is -0.758. The highest BCUT2D eigenvalue weighted by Gasteiger charge is 2.44. The van der Waals surface area contributed by atoms with Gasteiger partial charge in [-0.25, -0.2) is 4.98 Å². The molecule has 2 rings (SSSR count). The number of rotatable bonds is 3. The molecule has 1 aromatic rings. The predicted molar refractivity (Wildman–Crippen MR) is 60.6 cm³/mol. The fourth-order valence-electron chi connectivity index (χ4n) is 1.73. The number of nitriles is 1. The molecule has 0 aromatic carbocycles. The first kappa shape index (κ1) is 11.1. The molecule has 16 heavy (non-hydrogen) atoms. The lowest BCUT2D eigenvalue weighted by atomic mass is 9.69. The quantitative estimate of drug-likeness (QED) is 0.868. The van der Waals surface area contributed by atoms with Crippen LogP contribution >= 0.6 is 11.3 Å². The molecule has 5 heteroatoms. The van der Waals surface area contributed by atoms with Crippen molar-refractivity contribution in [1.82, 2.24) is 10.3 Å². The summed E-state index contributed by atoms with van der Waals surface area (Å²) < 4.78 is 0. The normalized spacial score (nSPS) is 17.2. The van der Waals surface area contributed by atoms with E-state index in [0.717, 1.165) is 17.1 Å². The number of nitrogens with one attached hydrogen (secondary N) is 1. The lowest BCUT2D eigenvalue weighted by Gasteiger charge is -2.33. The first-order valence-electron chi connectivity index (χ1n) is 5.27. The smallest absolute Gasteiger partial charge is 0.240 e. The minimum absolute atomic E-state index is 0.144. The number of nitrogens with zero attached hydrogens (tertiary/aromatic N) is 2. The Kier molecular flexibility index (Phi) is 2.92. The zero-order valence-corrected chi connectivity index (χ0v) is 9.93. The Morgan fingerprint density at radius 2 is 2.50 bits per heavy atom. The van der Waals surface area contributed by atoms with Crippen molar-refractivity contribution in [2.45, 2.75) is 32.7 Å². The molecule has 1 aliphatic rings. The second kappa shape index (κ2) is 4.22. The Labute approximate surface area is 98.3 Å². The third kappa shape index (κ3) is 1.93. The number of aryl methyl sites for hydroxylation is 1. The Bertz CT molecular complexity index is 442. The molecule has 84 valence electrons. The van der Waals surface area contributed by atoms with E-state index < -0.39 is 5.41 Å². The van der Waals surface area contributed by atoms with Crippen LogP contribution in [0.5, 0.6) is 0 Å². The summed E-state index contributed by atoms with van der Waals surface area (Å²) in [6.07, 6.45) is 2.34. The highest BCUT2D eigenvalue weighted by Crippen LogP contribution is 2.40. The summed E-state index contributed by atoms with van der Waals surface area (Å²) in [6, 6.07) is 2.13. The van der Waals surface area contributed by atoms with E-state index in [2.05, 4.69) is 16.4 Å². The molecular formula is C11H13N3OS. The van der Waals surface area contributed by atoms with E-state index >= 15 is 0 Å². The molecule has 1 amide bonds. The molecule has 0 bridgehead atoms. The SMILES string of the molecule is Cc1csc(CNC(=O)C2(C#N)CCC2)n1. The van der Waals surface area contributed by atoms with Gasteiger partial charge in [0.15, 0.2) is 0 Å².